The van der Waals surface area contributed by atoms with Crippen molar-refractivity contribution in [2.24, 2.45) is 0 Å². The van der Waals surface area contributed by atoms with E-state index < -0.39 is 11.9 Å². The van der Waals surface area contributed by atoms with Gasteiger partial charge in [-0.3, -0.25) is 9.69 Å². The molecule has 3 rings (SSSR count). The number of carbonyl (C=O) groups excluding carboxylic acids is 1. The summed E-state index contributed by atoms with van der Waals surface area (Å²) < 4.78 is 5.46. The molecule has 1 amide bonds. The highest BCUT2D eigenvalue weighted by molar-refractivity contribution is 6.27. The molecule has 0 radical (unpaired) electrons. The van der Waals surface area contributed by atoms with E-state index in [1.54, 1.807) is 7.11 Å². The van der Waals surface area contributed by atoms with Crippen LogP contribution in [0.3, 0.4) is 0 Å². The van der Waals surface area contributed by atoms with Gasteiger partial charge < -0.3 is 25.2 Å². The van der Waals surface area contributed by atoms with E-state index in [2.05, 4.69) is 21.2 Å². The summed E-state index contributed by atoms with van der Waals surface area (Å²) in [5, 5.41) is 17.8. The molecule has 0 saturated carbocycles. The molecule has 2 aromatic carbocycles. The molecule has 2 aromatic rings. The molecule has 0 aromatic heterocycles. The SMILES string of the molecule is COc1ccccc1N1CCN(CCC(=O)Nc2cccc(C)c2)CC1.O=C(O)C(=O)O. The van der Waals surface area contributed by atoms with Crippen molar-refractivity contribution in [1.82, 2.24) is 4.90 Å². The smallest absolute Gasteiger partial charge is 0.414 e. The molecule has 0 unspecified atom stereocenters. The third-order valence-corrected chi connectivity index (χ3v) is 4.94. The first-order valence-electron chi connectivity index (χ1n) is 10.2. The number of ether oxygens (including phenoxy) is 1. The summed E-state index contributed by atoms with van der Waals surface area (Å²) in [6.07, 6.45) is 0.516. The van der Waals surface area contributed by atoms with Crippen LogP contribution in [0.4, 0.5) is 11.4 Å². The molecule has 172 valence electrons. The molecule has 1 aliphatic rings. The quantitative estimate of drug-likeness (QED) is 0.582. The lowest BCUT2D eigenvalue weighted by Crippen LogP contribution is -2.47. The predicted molar refractivity (Wildman–Crippen MR) is 121 cm³/mol. The second-order valence-corrected chi connectivity index (χ2v) is 7.28. The second-order valence-electron chi connectivity index (χ2n) is 7.28. The Morgan fingerprint density at radius 3 is 2.22 bits per heavy atom. The summed E-state index contributed by atoms with van der Waals surface area (Å²) in [4.78, 5) is 35.1. The Hall–Kier alpha value is -3.59. The van der Waals surface area contributed by atoms with Gasteiger partial charge in [0.2, 0.25) is 5.91 Å². The van der Waals surface area contributed by atoms with Crippen LogP contribution in [0.5, 0.6) is 5.75 Å². The van der Waals surface area contributed by atoms with E-state index in [0.717, 1.165) is 55.4 Å². The van der Waals surface area contributed by atoms with Gasteiger partial charge in [-0.2, -0.15) is 0 Å². The van der Waals surface area contributed by atoms with Crippen molar-refractivity contribution in [2.75, 3.05) is 50.1 Å². The predicted octanol–water partition coefficient (Wildman–Crippen LogP) is 2.31. The zero-order valence-electron chi connectivity index (χ0n) is 18.3. The first kappa shape index (κ1) is 24.7. The number of methoxy groups -OCH3 is 1. The summed E-state index contributed by atoms with van der Waals surface area (Å²) in [6.45, 7) is 6.61. The van der Waals surface area contributed by atoms with Crippen molar-refractivity contribution in [1.29, 1.82) is 0 Å². The Labute approximate surface area is 187 Å². The number of amides is 1. The number of nitrogens with one attached hydrogen (secondary N) is 1. The molecular weight excluding hydrogens is 414 g/mol. The van der Waals surface area contributed by atoms with Gasteiger partial charge in [0.05, 0.1) is 12.8 Å². The number of nitrogens with zero attached hydrogens (tertiary/aromatic N) is 2. The van der Waals surface area contributed by atoms with Gasteiger partial charge in [-0.05, 0) is 36.8 Å². The van der Waals surface area contributed by atoms with Crippen LogP contribution >= 0.6 is 0 Å². The Bertz CT molecular complexity index is 913. The van der Waals surface area contributed by atoms with Gasteiger partial charge >= 0.3 is 11.9 Å². The summed E-state index contributed by atoms with van der Waals surface area (Å²) in [5.74, 6) is -2.66. The zero-order chi connectivity index (χ0) is 23.5. The summed E-state index contributed by atoms with van der Waals surface area (Å²) in [6, 6.07) is 16.0. The molecule has 1 fully saturated rings. The maximum atomic E-state index is 12.2. The van der Waals surface area contributed by atoms with E-state index in [1.807, 2.05) is 49.4 Å². The Morgan fingerprint density at radius 2 is 1.62 bits per heavy atom. The number of carboxylic acid groups (broad SMARTS) is 2. The number of aryl methyl sites for hydroxylation is 1. The highest BCUT2D eigenvalue weighted by Crippen LogP contribution is 2.28. The van der Waals surface area contributed by atoms with Gasteiger partial charge in [-0.25, -0.2) is 9.59 Å². The molecule has 0 spiro atoms. The minimum absolute atomic E-state index is 0.0720. The Morgan fingerprint density at radius 1 is 0.969 bits per heavy atom. The summed E-state index contributed by atoms with van der Waals surface area (Å²) in [7, 11) is 1.71. The number of piperazine rings is 1. The van der Waals surface area contributed by atoms with Crippen molar-refractivity contribution >= 4 is 29.2 Å². The van der Waals surface area contributed by atoms with Gasteiger partial charge in [0.15, 0.2) is 0 Å². The van der Waals surface area contributed by atoms with Gasteiger partial charge in [0.1, 0.15) is 5.75 Å². The average Bonchev–Trinajstić information content (AvgIpc) is 2.78. The number of rotatable bonds is 6. The van der Waals surface area contributed by atoms with E-state index in [9.17, 15) is 4.79 Å². The molecule has 1 saturated heterocycles. The van der Waals surface area contributed by atoms with Gasteiger partial charge in [-0.15, -0.1) is 0 Å². The number of hydrogen-bond acceptors (Lipinski definition) is 6. The monoisotopic (exact) mass is 443 g/mol. The van der Waals surface area contributed by atoms with Crippen LogP contribution in [0.15, 0.2) is 48.5 Å². The topological polar surface area (TPSA) is 119 Å². The van der Waals surface area contributed by atoms with Crippen molar-refractivity contribution in [3.05, 3.63) is 54.1 Å². The molecule has 3 N–H and O–H groups in total. The van der Waals surface area contributed by atoms with Crippen molar-refractivity contribution < 1.29 is 29.3 Å². The number of hydrogen-bond donors (Lipinski definition) is 3. The van der Waals surface area contributed by atoms with Gasteiger partial charge in [0.25, 0.3) is 0 Å². The molecule has 9 nitrogen and oxygen atoms in total. The minimum Gasteiger partial charge on any atom is -0.495 e. The van der Waals surface area contributed by atoms with Crippen molar-refractivity contribution in [3.8, 4) is 5.75 Å². The van der Waals surface area contributed by atoms with Crippen LogP contribution in [0, 0.1) is 6.92 Å². The standard InChI is InChI=1S/C21H27N3O2.C2H2O4/c1-17-6-5-7-18(16-17)22-21(25)10-11-23-12-14-24(15-13-23)19-8-3-4-9-20(19)26-2;3-1(4)2(5)6/h3-9,16H,10-15H2,1-2H3,(H,22,25);(H,3,4)(H,5,6). The second kappa shape index (κ2) is 12.3. The van der Waals surface area contributed by atoms with Gasteiger partial charge in [-0.1, -0.05) is 24.3 Å². The van der Waals surface area contributed by atoms with E-state index in [4.69, 9.17) is 24.5 Å². The van der Waals surface area contributed by atoms with E-state index in [1.165, 1.54) is 0 Å². The fraction of sp³-hybridized carbons (Fsp3) is 0.348. The van der Waals surface area contributed by atoms with Crippen LogP contribution in [0.1, 0.15) is 12.0 Å². The summed E-state index contributed by atoms with van der Waals surface area (Å²) in [5.41, 5.74) is 3.16. The zero-order valence-corrected chi connectivity index (χ0v) is 18.3. The fourth-order valence-electron chi connectivity index (χ4n) is 3.31. The summed E-state index contributed by atoms with van der Waals surface area (Å²) >= 11 is 0. The van der Waals surface area contributed by atoms with Crippen LogP contribution in [-0.2, 0) is 14.4 Å². The molecule has 0 bridgehead atoms. The largest absolute Gasteiger partial charge is 0.495 e. The maximum absolute atomic E-state index is 12.2. The van der Waals surface area contributed by atoms with Gasteiger partial charge in [0, 0.05) is 44.8 Å². The van der Waals surface area contributed by atoms with E-state index in [-0.39, 0.29) is 5.91 Å². The number of aliphatic carboxylic acids is 2. The van der Waals surface area contributed by atoms with Crippen molar-refractivity contribution in [2.45, 2.75) is 13.3 Å². The Kier molecular flexibility index (Phi) is 9.49. The first-order chi connectivity index (χ1) is 15.3. The number of para-hydroxylation sites is 2. The number of benzene rings is 2. The Balaban J connectivity index is 0.000000534. The van der Waals surface area contributed by atoms with Crippen LogP contribution in [0.2, 0.25) is 0 Å². The molecule has 0 atom stereocenters. The first-order valence-corrected chi connectivity index (χ1v) is 10.2. The molecular formula is C23H29N3O6. The molecule has 0 aliphatic carbocycles. The molecule has 1 aliphatic heterocycles. The lowest BCUT2D eigenvalue weighted by atomic mass is 10.2. The van der Waals surface area contributed by atoms with Crippen LogP contribution < -0.4 is 15.0 Å². The number of carbonyl (C=O) groups is 3. The number of anilines is 2. The van der Waals surface area contributed by atoms with Crippen LogP contribution in [0.25, 0.3) is 0 Å². The molecule has 1 heterocycles. The lowest BCUT2D eigenvalue weighted by molar-refractivity contribution is -0.159. The highest BCUT2D eigenvalue weighted by Gasteiger charge is 2.19. The third kappa shape index (κ3) is 7.92. The third-order valence-electron chi connectivity index (χ3n) is 4.94. The lowest BCUT2D eigenvalue weighted by Gasteiger charge is -2.36. The average molecular weight is 444 g/mol. The fourth-order valence-corrected chi connectivity index (χ4v) is 3.31. The highest BCUT2D eigenvalue weighted by atomic mass is 16.5. The maximum Gasteiger partial charge on any atom is 0.414 e. The molecule has 32 heavy (non-hydrogen) atoms. The van der Waals surface area contributed by atoms with Crippen LogP contribution in [-0.4, -0.2) is 72.8 Å². The van der Waals surface area contributed by atoms with Crippen molar-refractivity contribution in [3.63, 3.8) is 0 Å². The number of carboxylic acids is 2. The van der Waals surface area contributed by atoms with E-state index in [0.29, 0.717) is 6.42 Å². The normalized spacial score (nSPS) is 13.5. The van der Waals surface area contributed by atoms with E-state index >= 15 is 0 Å². The molecule has 9 heteroatoms. The minimum atomic E-state index is -1.82.